The molecule has 2 N–H and O–H groups in total. The van der Waals surface area contributed by atoms with E-state index in [1.807, 2.05) is 0 Å². The summed E-state index contributed by atoms with van der Waals surface area (Å²) in [6, 6.07) is 0.514. The molecular formula is C11H20N2O2. The molecule has 4 heteroatoms. The average Bonchev–Trinajstić information content (AvgIpc) is 2.14. The number of aliphatic carboxylic acids is 1. The van der Waals surface area contributed by atoms with E-state index in [1.165, 1.54) is 6.08 Å². The van der Waals surface area contributed by atoms with Gasteiger partial charge in [0.15, 0.2) is 0 Å². The molecule has 0 bridgehead atoms. The van der Waals surface area contributed by atoms with Crippen LogP contribution < -0.4 is 5.32 Å². The van der Waals surface area contributed by atoms with Crippen LogP contribution in [0.5, 0.6) is 0 Å². The van der Waals surface area contributed by atoms with Gasteiger partial charge in [-0.25, -0.2) is 4.79 Å². The summed E-state index contributed by atoms with van der Waals surface area (Å²) in [6.07, 6.45) is 3.98. The molecule has 0 radical (unpaired) electrons. The smallest absolute Gasteiger partial charge is 0.328 e. The molecule has 1 rings (SSSR count). The summed E-state index contributed by atoms with van der Waals surface area (Å²) in [5.74, 6) is -0.254. The number of carbonyl (C=O) groups is 1. The van der Waals surface area contributed by atoms with Crippen molar-refractivity contribution in [3.8, 4) is 0 Å². The van der Waals surface area contributed by atoms with Crippen molar-refractivity contribution in [2.24, 2.45) is 5.92 Å². The highest BCUT2D eigenvalue weighted by Crippen LogP contribution is 2.14. The van der Waals surface area contributed by atoms with Gasteiger partial charge in [-0.1, -0.05) is 13.0 Å². The van der Waals surface area contributed by atoms with Crippen molar-refractivity contribution in [3.05, 3.63) is 12.2 Å². The lowest BCUT2D eigenvalue weighted by molar-refractivity contribution is -0.131. The highest BCUT2D eigenvalue weighted by atomic mass is 16.4. The molecule has 1 heterocycles. The predicted octanol–water partition coefficient (Wildman–Crippen LogP) is 0.557. The van der Waals surface area contributed by atoms with Gasteiger partial charge in [-0.2, -0.15) is 0 Å². The van der Waals surface area contributed by atoms with E-state index < -0.39 is 5.97 Å². The first-order chi connectivity index (χ1) is 7.09. The molecule has 2 unspecified atom stereocenters. The van der Waals surface area contributed by atoms with Crippen LogP contribution in [0, 0.1) is 5.92 Å². The molecule has 0 aliphatic carbocycles. The van der Waals surface area contributed by atoms with Gasteiger partial charge in [0.2, 0.25) is 0 Å². The second-order valence-electron chi connectivity index (χ2n) is 4.28. The third-order valence-corrected chi connectivity index (χ3v) is 2.87. The number of likely N-dealkylation sites (tertiary alicyclic amines) is 1. The standard InChI is InChI=1S/C11H20N2O2/c1-9-8-13(2)7-5-10(9)12-6-3-4-11(14)15/h3-4,9-10,12H,5-8H2,1-2H3,(H,14,15)/b4-3+. The summed E-state index contributed by atoms with van der Waals surface area (Å²) in [5, 5.41) is 11.8. The molecule has 0 aromatic carbocycles. The van der Waals surface area contributed by atoms with Crippen molar-refractivity contribution in [2.75, 3.05) is 26.7 Å². The molecule has 0 amide bonds. The Morgan fingerprint density at radius 2 is 2.40 bits per heavy atom. The number of carboxylic acid groups (broad SMARTS) is 1. The minimum atomic E-state index is -0.881. The van der Waals surface area contributed by atoms with Gasteiger partial charge in [-0.05, 0) is 25.9 Å². The van der Waals surface area contributed by atoms with E-state index in [1.54, 1.807) is 6.08 Å². The lowest BCUT2D eigenvalue weighted by Crippen LogP contribution is -2.46. The largest absolute Gasteiger partial charge is 0.478 e. The zero-order valence-electron chi connectivity index (χ0n) is 9.44. The maximum atomic E-state index is 10.2. The van der Waals surface area contributed by atoms with E-state index in [4.69, 9.17) is 5.11 Å². The van der Waals surface area contributed by atoms with Crippen LogP contribution in [-0.2, 0) is 4.79 Å². The second kappa shape index (κ2) is 5.88. The predicted molar refractivity (Wildman–Crippen MR) is 59.8 cm³/mol. The van der Waals surface area contributed by atoms with E-state index in [0.717, 1.165) is 19.5 Å². The van der Waals surface area contributed by atoms with Gasteiger partial charge in [-0.3, -0.25) is 0 Å². The minimum Gasteiger partial charge on any atom is -0.478 e. The Kier molecular flexibility index (Phi) is 4.78. The van der Waals surface area contributed by atoms with Gasteiger partial charge in [0.05, 0.1) is 0 Å². The number of carboxylic acids is 1. The summed E-state index contributed by atoms with van der Waals surface area (Å²) < 4.78 is 0. The molecule has 1 fully saturated rings. The van der Waals surface area contributed by atoms with Crippen LogP contribution in [0.4, 0.5) is 0 Å². The monoisotopic (exact) mass is 212 g/mol. The summed E-state index contributed by atoms with van der Waals surface area (Å²) in [5.41, 5.74) is 0. The third-order valence-electron chi connectivity index (χ3n) is 2.87. The Morgan fingerprint density at radius 1 is 1.67 bits per heavy atom. The van der Waals surface area contributed by atoms with Gasteiger partial charge in [0, 0.05) is 25.2 Å². The van der Waals surface area contributed by atoms with Crippen LogP contribution in [0.15, 0.2) is 12.2 Å². The zero-order chi connectivity index (χ0) is 11.3. The lowest BCUT2D eigenvalue weighted by Gasteiger charge is -2.35. The van der Waals surface area contributed by atoms with Crippen LogP contribution >= 0.6 is 0 Å². The Balaban J connectivity index is 2.24. The first-order valence-electron chi connectivity index (χ1n) is 5.41. The van der Waals surface area contributed by atoms with E-state index in [-0.39, 0.29) is 0 Å². The van der Waals surface area contributed by atoms with Crippen LogP contribution in [0.2, 0.25) is 0 Å². The van der Waals surface area contributed by atoms with E-state index in [2.05, 4.69) is 24.2 Å². The summed E-state index contributed by atoms with van der Waals surface area (Å²) >= 11 is 0. The summed E-state index contributed by atoms with van der Waals surface area (Å²) in [4.78, 5) is 12.6. The number of piperidine rings is 1. The second-order valence-corrected chi connectivity index (χ2v) is 4.28. The maximum Gasteiger partial charge on any atom is 0.328 e. The molecule has 0 saturated carbocycles. The first kappa shape index (κ1) is 12.2. The van der Waals surface area contributed by atoms with Crippen LogP contribution in [-0.4, -0.2) is 48.7 Å². The van der Waals surface area contributed by atoms with Gasteiger partial charge >= 0.3 is 5.97 Å². The molecular weight excluding hydrogens is 192 g/mol. The molecule has 1 saturated heterocycles. The number of rotatable bonds is 4. The van der Waals surface area contributed by atoms with Crippen molar-refractivity contribution in [1.29, 1.82) is 0 Å². The van der Waals surface area contributed by atoms with E-state index in [9.17, 15) is 4.79 Å². The number of hydrogen-bond acceptors (Lipinski definition) is 3. The minimum absolute atomic E-state index is 0.514. The van der Waals surface area contributed by atoms with Crippen LogP contribution in [0.25, 0.3) is 0 Å². The zero-order valence-corrected chi connectivity index (χ0v) is 9.44. The van der Waals surface area contributed by atoms with E-state index >= 15 is 0 Å². The van der Waals surface area contributed by atoms with Gasteiger partial charge < -0.3 is 15.3 Å². The normalized spacial score (nSPS) is 28.4. The summed E-state index contributed by atoms with van der Waals surface area (Å²) in [7, 11) is 2.14. The molecule has 4 nitrogen and oxygen atoms in total. The quantitative estimate of drug-likeness (QED) is 0.668. The van der Waals surface area contributed by atoms with Gasteiger partial charge in [-0.15, -0.1) is 0 Å². The van der Waals surface area contributed by atoms with Crippen molar-refractivity contribution in [1.82, 2.24) is 10.2 Å². The molecule has 0 aromatic heterocycles. The Labute approximate surface area is 91.0 Å². The third kappa shape index (κ3) is 4.44. The van der Waals surface area contributed by atoms with Gasteiger partial charge in [0.25, 0.3) is 0 Å². The average molecular weight is 212 g/mol. The molecule has 15 heavy (non-hydrogen) atoms. The maximum absolute atomic E-state index is 10.2. The Bertz CT molecular complexity index is 241. The van der Waals surface area contributed by atoms with Crippen molar-refractivity contribution in [2.45, 2.75) is 19.4 Å². The fourth-order valence-electron chi connectivity index (χ4n) is 2.04. The highest BCUT2D eigenvalue weighted by Gasteiger charge is 2.22. The molecule has 1 aliphatic heterocycles. The van der Waals surface area contributed by atoms with Crippen LogP contribution in [0.3, 0.4) is 0 Å². The van der Waals surface area contributed by atoms with Crippen molar-refractivity contribution >= 4 is 5.97 Å². The highest BCUT2D eigenvalue weighted by molar-refractivity contribution is 5.79. The molecule has 0 spiro atoms. The van der Waals surface area contributed by atoms with Gasteiger partial charge in [0.1, 0.15) is 0 Å². The fraction of sp³-hybridized carbons (Fsp3) is 0.727. The van der Waals surface area contributed by atoms with Crippen molar-refractivity contribution in [3.63, 3.8) is 0 Å². The Morgan fingerprint density at radius 3 is 3.00 bits per heavy atom. The SMILES string of the molecule is CC1CN(C)CCC1NC/C=C/C(=O)O. The fourth-order valence-corrected chi connectivity index (χ4v) is 2.04. The molecule has 0 aromatic rings. The molecule has 2 atom stereocenters. The summed E-state index contributed by atoms with van der Waals surface area (Å²) in [6.45, 7) is 5.10. The lowest BCUT2D eigenvalue weighted by atomic mass is 9.94. The Hall–Kier alpha value is -0.870. The topological polar surface area (TPSA) is 52.6 Å². The number of nitrogens with zero attached hydrogens (tertiary/aromatic N) is 1. The number of hydrogen-bond donors (Lipinski definition) is 2. The van der Waals surface area contributed by atoms with Crippen molar-refractivity contribution < 1.29 is 9.90 Å². The van der Waals surface area contributed by atoms with E-state index in [0.29, 0.717) is 18.5 Å². The molecule has 86 valence electrons. The number of nitrogens with one attached hydrogen (secondary N) is 1. The first-order valence-corrected chi connectivity index (χ1v) is 5.41. The van der Waals surface area contributed by atoms with Crippen LogP contribution in [0.1, 0.15) is 13.3 Å². The molecule has 1 aliphatic rings.